The molecule has 1 saturated carbocycles. The first-order valence-corrected chi connectivity index (χ1v) is 8.88. The number of aryl methyl sites for hydroxylation is 1. The van der Waals surface area contributed by atoms with Gasteiger partial charge in [0.25, 0.3) is 0 Å². The number of rotatable bonds is 6. The van der Waals surface area contributed by atoms with E-state index in [2.05, 4.69) is 41.2 Å². The summed E-state index contributed by atoms with van der Waals surface area (Å²) in [5.41, 5.74) is 10.6. The summed E-state index contributed by atoms with van der Waals surface area (Å²) < 4.78 is 2.15. The second-order valence-electron chi connectivity index (χ2n) is 6.60. The number of benzene rings is 1. The van der Waals surface area contributed by atoms with Gasteiger partial charge in [0.2, 0.25) is 0 Å². The van der Waals surface area contributed by atoms with Crippen LogP contribution in [0.1, 0.15) is 55.7 Å². The molecule has 0 amide bonds. The molecule has 0 aliphatic heterocycles. The number of anilines is 1. The highest BCUT2D eigenvalue weighted by Crippen LogP contribution is 2.37. The number of nitrogens with one attached hydrogen (secondary N) is 1. The van der Waals surface area contributed by atoms with E-state index in [1.165, 1.54) is 49.0 Å². The number of hydrogen-bond donors (Lipinski definition) is 2. The third kappa shape index (κ3) is 3.75. The molecule has 1 aliphatic carbocycles. The van der Waals surface area contributed by atoms with Crippen molar-refractivity contribution in [2.24, 2.45) is 5.73 Å². The molecule has 0 spiro atoms. The summed E-state index contributed by atoms with van der Waals surface area (Å²) in [5, 5.41) is 8.26. The largest absolute Gasteiger partial charge is 0.382 e. The van der Waals surface area contributed by atoms with Crippen molar-refractivity contribution in [2.45, 2.75) is 51.4 Å². The van der Waals surface area contributed by atoms with E-state index in [-0.39, 0.29) is 0 Å². The molecule has 1 heterocycles. The fourth-order valence-electron chi connectivity index (χ4n) is 3.55. The van der Waals surface area contributed by atoms with Crippen LogP contribution < -0.4 is 11.1 Å². The van der Waals surface area contributed by atoms with E-state index < -0.39 is 0 Å². The highest BCUT2D eigenvalue weighted by molar-refractivity contribution is 5.52. The standard InChI is InChI=1S/C19H28N4/c1-15-7-5-10-17(13-15)23-19(16-8-3-2-4-9-16)18(14-22-23)21-12-6-11-20/h5,7,10,13-14,16,21H,2-4,6,8-9,11-12,20H2,1H3. The predicted molar refractivity (Wildman–Crippen MR) is 96.3 cm³/mol. The summed E-state index contributed by atoms with van der Waals surface area (Å²) in [6.07, 6.45) is 9.53. The zero-order chi connectivity index (χ0) is 16.1. The van der Waals surface area contributed by atoms with Crippen molar-refractivity contribution in [3.8, 4) is 5.69 Å². The molecule has 0 bridgehead atoms. The second kappa shape index (κ2) is 7.64. The molecule has 2 aromatic rings. The molecule has 1 aromatic carbocycles. The van der Waals surface area contributed by atoms with Crippen LogP contribution >= 0.6 is 0 Å². The lowest BCUT2D eigenvalue weighted by molar-refractivity contribution is 0.430. The molecule has 4 nitrogen and oxygen atoms in total. The van der Waals surface area contributed by atoms with Crippen molar-refractivity contribution in [2.75, 3.05) is 18.4 Å². The molecule has 0 atom stereocenters. The number of hydrogen-bond acceptors (Lipinski definition) is 3. The summed E-state index contributed by atoms with van der Waals surface area (Å²) >= 11 is 0. The Morgan fingerprint density at radius 1 is 1.26 bits per heavy atom. The maximum absolute atomic E-state index is 5.63. The van der Waals surface area contributed by atoms with E-state index in [0.717, 1.165) is 25.2 Å². The SMILES string of the molecule is Cc1cccc(-n2ncc(NCCCN)c2C2CCCCC2)c1. The Labute approximate surface area is 139 Å². The van der Waals surface area contributed by atoms with Gasteiger partial charge in [-0.1, -0.05) is 31.4 Å². The van der Waals surface area contributed by atoms with Crippen LogP contribution in [-0.4, -0.2) is 22.9 Å². The van der Waals surface area contributed by atoms with Crippen LogP contribution in [0.3, 0.4) is 0 Å². The summed E-state index contributed by atoms with van der Waals surface area (Å²) in [7, 11) is 0. The normalized spacial score (nSPS) is 15.7. The second-order valence-corrected chi connectivity index (χ2v) is 6.60. The first kappa shape index (κ1) is 16.1. The average Bonchev–Trinajstić information content (AvgIpc) is 3.00. The van der Waals surface area contributed by atoms with Crippen molar-refractivity contribution in [1.82, 2.24) is 9.78 Å². The Kier molecular flexibility index (Phi) is 5.34. The average molecular weight is 312 g/mol. The molecule has 3 rings (SSSR count). The lowest BCUT2D eigenvalue weighted by atomic mass is 9.86. The molecule has 1 aliphatic rings. The minimum atomic E-state index is 0.604. The van der Waals surface area contributed by atoms with E-state index in [1.807, 2.05) is 6.20 Å². The van der Waals surface area contributed by atoms with Crippen LogP contribution in [0.25, 0.3) is 5.69 Å². The van der Waals surface area contributed by atoms with Gasteiger partial charge in [-0.05, 0) is 50.4 Å². The fraction of sp³-hybridized carbons (Fsp3) is 0.526. The van der Waals surface area contributed by atoms with Crippen LogP contribution in [0.15, 0.2) is 30.5 Å². The van der Waals surface area contributed by atoms with Gasteiger partial charge in [0.05, 0.1) is 23.3 Å². The summed E-state index contributed by atoms with van der Waals surface area (Å²) in [5.74, 6) is 0.604. The fourth-order valence-corrected chi connectivity index (χ4v) is 3.55. The van der Waals surface area contributed by atoms with Crippen molar-refractivity contribution in [3.05, 3.63) is 41.7 Å². The molecule has 1 aromatic heterocycles. The Balaban J connectivity index is 1.94. The van der Waals surface area contributed by atoms with Crippen molar-refractivity contribution in [1.29, 1.82) is 0 Å². The molecule has 0 saturated heterocycles. The summed E-state index contributed by atoms with van der Waals surface area (Å²) in [6, 6.07) is 8.60. The van der Waals surface area contributed by atoms with Gasteiger partial charge in [0.1, 0.15) is 0 Å². The zero-order valence-corrected chi connectivity index (χ0v) is 14.1. The summed E-state index contributed by atoms with van der Waals surface area (Å²) in [6.45, 7) is 3.77. The molecule has 3 N–H and O–H groups in total. The van der Waals surface area contributed by atoms with Gasteiger partial charge in [-0.25, -0.2) is 4.68 Å². The molecule has 4 heteroatoms. The van der Waals surface area contributed by atoms with Gasteiger partial charge in [-0.15, -0.1) is 0 Å². The van der Waals surface area contributed by atoms with E-state index in [9.17, 15) is 0 Å². The zero-order valence-electron chi connectivity index (χ0n) is 14.1. The number of nitrogens with two attached hydrogens (primary N) is 1. The van der Waals surface area contributed by atoms with Crippen molar-refractivity contribution >= 4 is 5.69 Å². The van der Waals surface area contributed by atoms with Gasteiger partial charge in [-0.2, -0.15) is 5.10 Å². The van der Waals surface area contributed by atoms with Gasteiger partial charge < -0.3 is 11.1 Å². The van der Waals surface area contributed by atoms with E-state index in [4.69, 9.17) is 10.8 Å². The van der Waals surface area contributed by atoms with Gasteiger partial charge in [0, 0.05) is 12.5 Å². The Morgan fingerprint density at radius 2 is 2.09 bits per heavy atom. The predicted octanol–water partition coefficient (Wildman–Crippen LogP) is 3.99. The molecule has 23 heavy (non-hydrogen) atoms. The topological polar surface area (TPSA) is 55.9 Å². The summed E-state index contributed by atoms with van der Waals surface area (Å²) in [4.78, 5) is 0. The highest BCUT2D eigenvalue weighted by Gasteiger charge is 2.23. The van der Waals surface area contributed by atoms with Crippen LogP contribution in [0.5, 0.6) is 0 Å². The third-order valence-corrected chi connectivity index (χ3v) is 4.74. The van der Waals surface area contributed by atoms with Crippen LogP contribution in [0, 0.1) is 6.92 Å². The molecular weight excluding hydrogens is 284 g/mol. The van der Waals surface area contributed by atoms with Crippen molar-refractivity contribution < 1.29 is 0 Å². The maximum atomic E-state index is 5.63. The maximum Gasteiger partial charge on any atom is 0.0766 e. The van der Waals surface area contributed by atoms with Crippen LogP contribution in [-0.2, 0) is 0 Å². The molecular formula is C19H28N4. The van der Waals surface area contributed by atoms with E-state index in [1.54, 1.807) is 0 Å². The van der Waals surface area contributed by atoms with E-state index in [0.29, 0.717) is 5.92 Å². The van der Waals surface area contributed by atoms with Gasteiger partial charge in [-0.3, -0.25) is 0 Å². The highest BCUT2D eigenvalue weighted by atomic mass is 15.3. The Bertz CT molecular complexity index is 626. The van der Waals surface area contributed by atoms with Crippen molar-refractivity contribution in [3.63, 3.8) is 0 Å². The lowest BCUT2D eigenvalue weighted by Crippen LogP contribution is -2.14. The smallest absolute Gasteiger partial charge is 0.0766 e. The van der Waals surface area contributed by atoms with Gasteiger partial charge >= 0.3 is 0 Å². The Morgan fingerprint density at radius 3 is 2.83 bits per heavy atom. The number of aromatic nitrogens is 2. The monoisotopic (exact) mass is 312 g/mol. The molecule has 0 unspecified atom stereocenters. The minimum absolute atomic E-state index is 0.604. The molecule has 0 radical (unpaired) electrons. The van der Waals surface area contributed by atoms with Crippen LogP contribution in [0.4, 0.5) is 5.69 Å². The molecule has 1 fully saturated rings. The van der Waals surface area contributed by atoms with Crippen LogP contribution in [0.2, 0.25) is 0 Å². The Hall–Kier alpha value is -1.81. The minimum Gasteiger partial charge on any atom is -0.382 e. The lowest BCUT2D eigenvalue weighted by Gasteiger charge is -2.24. The number of nitrogens with zero attached hydrogens (tertiary/aromatic N) is 2. The molecule has 124 valence electrons. The van der Waals surface area contributed by atoms with E-state index >= 15 is 0 Å². The quantitative estimate of drug-likeness (QED) is 0.793. The first-order valence-electron chi connectivity index (χ1n) is 8.88. The van der Waals surface area contributed by atoms with Gasteiger partial charge in [0.15, 0.2) is 0 Å². The third-order valence-electron chi connectivity index (χ3n) is 4.74. The first-order chi connectivity index (χ1) is 11.3.